The van der Waals surface area contributed by atoms with Gasteiger partial charge >= 0.3 is 0 Å². The van der Waals surface area contributed by atoms with Crippen molar-refractivity contribution < 1.29 is 92.0 Å². The first-order valence-electron chi connectivity index (χ1n) is 42.6. The fourth-order valence-electron chi connectivity index (χ4n) is 15.3. The number of aromatic hydroxyl groups is 1. The van der Waals surface area contributed by atoms with Crippen LogP contribution in [0.3, 0.4) is 0 Å². The molecule has 700 valence electrons. The van der Waals surface area contributed by atoms with Gasteiger partial charge in [-0.25, -0.2) is 4.98 Å². The van der Waals surface area contributed by atoms with Crippen LogP contribution in [0.5, 0.6) is 5.75 Å². The molecule has 0 aliphatic carbocycles. The average Bonchev–Trinajstić information content (AvgIpc) is 1.74. The highest BCUT2D eigenvalue weighted by atomic mass is 32.2. The Morgan fingerprint density at radius 1 is 0.605 bits per heavy atom. The number of β-amino-alcohol motifs (C(OH)–C–C–N with tert-alkyl or cyclic N) is 1. The number of amides is 16. The largest absolute Gasteiger partial charge is 0.508 e. The normalized spacial score (nSPS) is 16.8. The number of carbonyl (C=O) groups is 16. The van der Waals surface area contributed by atoms with Crippen LogP contribution < -0.4 is 81.4 Å². The number of guanidine groups is 1. The third-order valence-corrected chi connectivity index (χ3v) is 23.4. The molecule has 8 rings (SSSR count). The molecular formula is C85H120N24O19S. The van der Waals surface area contributed by atoms with Crippen LogP contribution in [0.2, 0.25) is 0 Å². The molecule has 2 aliphatic rings. The number of hydrogen-bond donors (Lipinski definition) is 22. The molecular weight excluding hydrogens is 1690 g/mol. The standard InChI is InChI=1S/C85H120N24O19S/c1-8-9-21-67(84(128)106(6)46(4)72(116)99-58(20-14-27-93-85(89)90)75(119)105-65(74(118)96-39-70(88)114)42-129-43-71(115)98-59(73(117)91-5)30-47-23-25-51(111)26-24-47)107(7)82(126)63(32-49-37-95-57-19-13-11-17-54(49)57)103-78(122)64(41-110)104-76(120)60(31-48-36-94-56-18-12-10-16-53(48)56)100-80(124)68-34-52(112)40-109(68)83(127)62(29-45(2)3)102-77(121)61(33-50-38-92-44-97-50)101-79(123)66-22-15-28-108(66)81(125)55(86)35-69(87)113/h10-13,16-19,23-26,36-38,44-46,52,55,58-68,94-95,110-112H,8-9,14-15,20-22,27-35,39-43,86H2,1-7H3,(H2,87,113)(H2,88,114)(H,91,117)(H,92,97)(H,96,118)(H,98,115)(H,99,116)(H,100,124)(H,101,123)(H,102,121)(H,103,122)(H,104,120)(H,105,119)(H4,89,90,93)/t46-,52+,55-,58-,59-,60-,61-,62-,63-,64-,65?,66-,67-,68-/m0/s1. The Hall–Kier alpha value is -13.2. The number of hydrogen-bond acceptors (Lipinski definition) is 23. The predicted octanol–water partition coefficient (Wildman–Crippen LogP) is -4.37. The number of benzene rings is 3. The Morgan fingerprint density at radius 2 is 1.18 bits per heavy atom. The maximum Gasteiger partial charge on any atom is 0.245 e. The van der Waals surface area contributed by atoms with Crippen molar-refractivity contribution in [3.8, 4) is 5.75 Å². The van der Waals surface area contributed by atoms with Gasteiger partial charge in [0.15, 0.2) is 5.96 Å². The zero-order valence-electron chi connectivity index (χ0n) is 73.1. The van der Waals surface area contributed by atoms with E-state index in [4.69, 9.17) is 28.3 Å². The lowest BCUT2D eigenvalue weighted by Gasteiger charge is -2.35. The summed E-state index contributed by atoms with van der Waals surface area (Å²) in [4.78, 5) is 244. The number of phenols is 1. The molecule has 3 aromatic carbocycles. The summed E-state index contributed by atoms with van der Waals surface area (Å²) in [6.45, 7) is 4.68. The highest BCUT2D eigenvalue weighted by molar-refractivity contribution is 8.00. The molecule has 26 N–H and O–H groups in total. The number of nitrogens with two attached hydrogens (primary N) is 4. The molecule has 0 radical (unpaired) electrons. The summed E-state index contributed by atoms with van der Waals surface area (Å²) in [6, 6.07) is 1.32. The Morgan fingerprint density at radius 3 is 1.77 bits per heavy atom. The van der Waals surface area contributed by atoms with E-state index >= 15 is 28.8 Å². The van der Waals surface area contributed by atoms with Gasteiger partial charge in [-0.1, -0.05) is 82.1 Å². The van der Waals surface area contributed by atoms with E-state index in [1.54, 1.807) is 86.9 Å². The summed E-state index contributed by atoms with van der Waals surface area (Å²) < 4.78 is 0. The molecule has 2 aliphatic heterocycles. The predicted molar refractivity (Wildman–Crippen MR) is 474 cm³/mol. The van der Waals surface area contributed by atoms with E-state index in [9.17, 15) is 63.3 Å². The minimum Gasteiger partial charge on any atom is -0.508 e. The lowest BCUT2D eigenvalue weighted by Crippen LogP contribution is -2.61. The summed E-state index contributed by atoms with van der Waals surface area (Å²) in [7, 11) is 3.99. The van der Waals surface area contributed by atoms with Gasteiger partial charge in [0.2, 0.25) is 94.5 Å². The Bertz CT molecular complexity index is 4950. The van der Waals surface area contributed by atoms with E-state index in [-0.39, 0.29) is 100 Å². The first-order valence-corrected chi connectivity index (χ1v) is 43.7. The van der Waals surface area contributed by atoms with Crippen LogP contribution in [-0.2, 0) is 102 Å². The van der Waals surface area contributed by atoms with Crippen LogP contribution in [-0.4, -0.2) is 305 Å². The van der Waals surface area contributed by atoms with Crippen molar-refractivity contribution >= 4 is 134 Å². The van der Waals surface area contributed by atoms with Crippen molar-refractivity contribution in [2.75, 3.05) is 65.4 Å². The number of thioether (sulfide) groups is 1. The van der Waals surface area contributed by atoms with Crippen molar-refractivity contribution in [2.45, 2.75) is 202 Å². The number of primary amides is 2. The number of para-hydroxylation sites is 2. The van der Waals surface area contributed by atoms with Gasteiger partial charge in [-0.15, -0.1) is 11.8 Å². The molecule has 0 bridgehead atoms. The third-order valence-electron chi connectivity index (χ3n) is 22.4. The summed E-state index contributed by atoms with van der Waals surface area (Å²) in [5, 5.41) is 70.1. The molecule has 1 unspecified atom stereocenters. The number of phenolic OH excluding ortho intramolecular Hbond substituents is 1. The number of likely N-dealkylation sites (tertiary alicyclic amines) is 2. The number of unbranched alkanes of at least 4 members (excludes halogenated alkanes) is 1. The SMILES string of the molecule is CCCC[C@@H](C(=O)N(C)[C@@H](C)C(=O)N[C@@H](CCCNC(=N)N)C(=O)NC(CSCC(=O)N[C@@H](Cc1ccc(O)cc1)C(=O)NC)C(=O)NCC(N)=O)N(C)C(=O)[C@H](Cc1c[nH]c2ccccc12)NC(=O)[C@H](CO)NC(=O)[C@H](Cc1c[nH]c2ccccc12)NC(=O)[C@@H]1C[C@@H](O)CN1C(=O)[C@H](CC(C)C)NC(=O)[C@H](Cc1cnc[nH]1)NC(=O)[C@@H]1CCCN1C(=O)[C@@H](N)CC(N)=O. The number of aliphatic hydroxyl groups excluding tert-OH is 2. The maximum absolute atomic E-state index is 15.6. The van der Waals surface area contributed by atoms with E-state index in [2.05, 4.69) is 78.4 Å². The Labute approximate surface area is 748 Å². The van der Waals surface area contributed by atoms with Gasteiger partial charge in [0, 0.05) is 125 Å². The molecule has 0 spiro atoms. The van der Waals surface area contributed by atoms with Crippen LogP contribution in [0, 0.1) is 11.3 Å². The zero-order chi connectivity index (χ0) is 94.5. The van der Waals surface area contributed by atoms with Crippen LogP contribution in [0.15, 0.2) is 97.7 Å². The second-order valence-corrected chi connectivity index (χ2v) is 33.6. The Balaban J connectivity index is 1.00. The van der Waals surface area contributed by atoms with Gasteiger partial charge < -0.3 is 131 Å². The second-order valence-electron chi connectivity index (χ2n) is 32.5. The molecule has 0 saturated carbocycles. The number of aromatic amines is 3. The highest BCUT2D eigenvalue weighted by Gasteiger charge is 2.46. The van der Waals surface area contributed by atoms with Gasteiger partial charge in [0.25, 0.3) is 0 Å². The first-order chi connectivity index (χ1) is 61.4. The number of aliphatic hydroxyl groups is 2. The molecule has 43 nitrogen and oxygen atoms in total. The fourth-order valence-corrected chi connectivity index (χ4v) is 16.2. The van der Waals surface area contributed by atoms with E-state index in [1.807, 2.05) is 6.92 Å². The lowest BCUT2D eigenvalue weighted by molar-refractivity contribution is -0.149. The number of rotatable bonds is 49. The number of nitrogens with zero attached hydrogens (tertiary/aromatic N) is 5. The van der Waals surface area contributed by atoms with Crippen LogP contribution in [0.4, 0.5) is 0 Å². The molecule has 14 atom stereocenters. The molecule has 2 fully saturated rings. The molecule has 3 aromatic heterocycles. The van der Waals surface area contributed by atoms with Crippen molar-refractivity contribution in [1.82, 2.24) is 98.0 Å². The molecule has 129 heavy (non-hydrogen) atoms. The van der Waals surface area contributed by atoms with Gasteiger partial charge in [-0.2, -0.15) is 0 Å². The van der Waals surface area contributed by atoms with Gasteiger partial charge in [-0.05, 0) is 92.3 Å². The van der Waals surface area contributed by atoms with Crippen LogP contribution in [0.1, 0.15) is 114 Å². The van der Waals surface area contributed by atoms with Gasteiger partial charge in [-0.3, -0.25) is 82.1 Å². The van der Waals surface area contributed by atoms with Crippen LogP contribution >= 0.6 is 11.8 Å². The highest BCUT2D eigenvalue weighted by Crippen LogP contribution is 2.27. The van der Waals surface area contributed by atoms with E-state index in [1.165, 1.54) is 57.6 Å². The number of fused-ring (bicyclic) bond motifs is 2. The summed E-state index contributed by atoms with van der Waals surface area (Å²) in [6.07, 6.45) is 4.38. The minimum absolute atomic E-state index is 0.00816. The summed E-state index contributed by atoms with van der Waals surface area (Å²) in [5.74, 6) is -15.0. The topological polar surface area (TPSA) is 667 Å². The molecule has 6 aromatic rings. The monoisotopic (exact) mass is 1810 g/mol. The quantitative estimate of drug-likeness (QED) is 0.00975. The number of imidazole rings is 1. The van der Waals surface area contributed by atoms with E-state index < -0.39 is 211 Å². The molecule has 44 heteroatoms. The third kappa shape index (κ3) is 29.1. The number of aromatic nitrogens is 4. The van der Waals surface area contributed by atoms with Gasteiger partial charge in [0.1, 0.15) is 78.3 Å². The maximum atomic E-state index is 15.6. The molecule has 16 amide bonds. The first kappa shape index (κ1) is 101. The van der Waals surface area contributed by atoms with E-state index in [0.29, 0.717) is 63.5 Å². The minimum atomic E-state index is -1.88. The van der Waals surface area contributed by atoms with Crippen molar-refractivity contribution in [1.29, 1.82) is 5.41 Å². The Kier molecular flexibility index (Phi) is 38.1. The number of likely N-dealkylation sites (N-methyl/N-ethyl adjacent to an activating group) is 3. The zero-order valence-corrected chi connectivity index (χ0v) is 73.9. The number of nitrogens with one attached hydrogen (secondary N) is 15. The van der Waals surface area contributed by atoms with Gasteiger partial charge in [0.05, 0.1) is 43.8 Å². The average molecular weight is 1810 g/mol. The van der Waals surface area contributed by atoms with Crippen molar-refractivity contribution in [2.24, 2.45) is 28.9 Å². The van der Waals surface area contributed by atoms with Crippen molar-refractivity contribution in [3.63, 3.8) is 0 Å². The number of H-pyrrole nitrogens is 3. The van der Waals surface area contributed by atoms with E-state index in [0.717, 1.165) is 26.5 Å². The summed E-state index contributed by atoms with van der Waals surface area (Å²) >= 11 is 0.866. The smallest absolute Gasteiger partial charge is 0.245 e. The molecule has 2 saturated heterocycles. The number of carbonyl (C=O) groups excluding carboxylic acids is 16. The summed E-state index contributed by atoms with van der Waals surface area (Å²) in [5.41, 5.74) is 25.5. The van der Waals surface area contributed by atoms with Crippen molar-refractivity contribution in [3.05, 3.63) is 120 Å². The second kappa shape index (κ2) is 48.6. The molecule has 5 heterocycles. The fraction of sp³-hybridized carbons (Fsp3) is 0.506. The van der Waals surface area contributed by atoms with Crippen LogP contribution in [0.25, 0.3) is 21.8 Å². The lowest BCUT2D eigenvalue weighted by atomic mass is 10.0.